The molecule has 0 aliphatic carbocycles. The first-order valence-electron chi connectivity index (χ1n) is 12.8. The fourth-order valence-corrected chi connectivity index (χ4v) is 4.80. The number of rotatable bonds is 8. The molecule has 2 heterocycles. The molecule has 2 amide bonds. The van der Waals surface area contributed by atoms with Crippen LogP contribution in [0.1, 0.15) is 29.6 Å². The minimum Gasteiger partial charge on any atom is -0.493 e. The summed E-state index contributed by atoms with van der Waals surface area (Å²) in [5.74, 6) is -6.73. The van der Waals surface area contributed by atoms with Crippen LogP contribution in [0.3, 0.4) is 0 Å². The van der Waals surface area contributed by atoms with Gasteiger partial charge in [0, 0.05) is 6.54 Å². The molecule has 218 valence electrons. The maximum Gasteiger partial charge on any atom is 0.454 e. The van der Waals surface area contributed by atoms with Crippen LogP contribution >= 0.6 is 0 Å². The van der Waals surface area contributed by atoms with Gasteiger partial charge in [0.1, 0.15) is 11.6 Å². The van der Waals surface area contributed by atoms with Crippen molar-refractivity contribution in [1.82, 2.24) is 15.5 Å². The molecule has 2 aromatic rings. The van der Waals surface area contributed by atoms with E-state index >= 15 is 0 Å². The number of alkyl halides is 5. The molecule has 2 atom stereocenters. The summed E-state index contributed by atoms with van der Waals surface area (Å²) in [5.41, 5.74) is 0.419. The van der Waals surface area contributed by atoms with Gasteiger partial charge in [0.2, 0.25) is 5.91 Å². The van der Waals surface area contributed by atoms with E-state index in [4.69, 9.17) is 4.74 Å². The zero-order valence-electron chi connectivity index (χ0n) is 21.3. The van der Waals surface area contributed by atoms with Gasteiger partial charge in [0.15, 0.2) is 0 Å². The van der Waals surface area contributed by atoms with Gasteiger partial charge in [0.05, 0.1) is 30.9 Å². The number of aliphatic hydroxyl groups is 1. The molecular formula is C27H29F6N3O4. The molecule has 2 fully saturated rings. The van der Waals surface area contributed by atoms with Crippen LogP contribution in [-0.2, 0) is 4.79 Å². The summed E-state index contributed by atoms with van der Waals surface area (Å²) in [6, 6.07) is 9.74. The molecule has 2 aliphatic heterocycles. The molecule has 2 aliphatic rings. The molecule has 0 unspecified atom stereocenters. The van der Waals surface area contributed by atoms with Crippen LogP contribution in [0.5, 0.6) is 5.75 Å². The highest BCUT2D eigenvalue weighted by Crippen LogP contribution is 2.37. The Hall–Kier alpha value is -3.16. The highest BCUT2D eigenvalue weighted by molar-refractivity contribution is 6.09. The predicted octanol–water partition coefficient (Wildman–Crippen LogP) is 3.76. The molecule has 40 heavy (non-hydrogen) atoms. The van der Waals surface area contributed by atoms with Crippen molar-refractivity contribution in [2.75, 3.05) is 32.8 Å². The van der Waals surface area contributed by atoms with E-state index in [0.29, 0.717) is 24.2 Å². The van der Waals surface area contributed by atoms with Gasteiger partial charge < -0.3 is 15.2 Å². The van der Waals surface area contributed by atoms with Crippen LogP contribution in [0.2, 0.25) is 0 Å². The minimum atomic E-state index is -5.58. The lowest BCUT2D eigenvalue weighted by Gasteiger charge is -2.34. The number of nitrogens with zero attached hydrogens (tertiary/aromatic N) is 1. The Kier molecular flexibility index (Phi) is 9.06. The van der Waals surface area contributed by atoms with Gasteiger partial charge in [-0.15, -0.1) is 0 Å². The molecule has 2 saturated heterocycles. The van der Waals surface area contributed by atoms with E-state index in [1.54, 1.807) is 24.3 Å². The summed E-state index contributed by atoms with van der Waals surface area (Å²) in [4.78, 5) is 26.3. The Morgan fingerprint density at radius 1 is 1.05 bits per heavy atom. The van der Waals surface area contributed by atoms with Crippen molar-refractivity contribution in [2.24, 2.45) is 5.92 Å². The number of likely N-dealkylation sites (tertiary alicyclic amines) is 1. The number of ether oxygens (including phenoxy) is 1. The number of β-amino-alcohol motifs (C(OH)–C–C–N with tert-alkyl or cyclic N) is 1. The van der Waals surface area contributed by atoms with Crippen LogP contribution in [-0.4, -0.2) is 78.9 Å². The fraction of sp³-hybridized carbons (Fsp3) is 0.481. The number of halogens is 6. The van der Waals surface area contributed by atoms with Crippen molar-refractivity contribution < 1.29 is 45.8 Å². The van der Waals surface area contributed by atoms with E-state index in [1.165, 1.54) is 12.1 Å². The van der Waals surface area contributed by atoms with Gasteiger partial charge in [-0.3, -0.25) is 19.8 Å². The molecule has 3 N–H and O–H groups in total. The van der Waals surface area contributed by atoms with Crippen LogP contribution < -0.4 is 15.4 Å². The number of carbonyl (C=O) groups excluding carboxylic acids is 2. The molecule has 0 aromatic heterocycles. The smallest absolute Gasteiger partial charge is 0.454 e. The molecule has 4 rings (SSSR count). The van der Waals surface area contributed by atoms with Gasteiger partial charge in [-0.1, -0.05) is 24.3 Å². The third kappa shape index (κ3) is 7.12. The maximum absolute atomic E-state index is 14.7. The van der Waals surface area contributed by atoms with Crippen LogP contribution in [0, 0.1) is 11.7 Å². The molecule has 13 heteroatoms. The number of benzene rings is 2. The third-order valence-corrected chi connectivity index (χ3v) is 7.10. The first kappa shape index (κ1) is 29.8. The molecule has 2 aromatic carbocycles. The normalized spacial score (nSPS) is 20.9. The van der Waals surface area contributed by atoms with E-state index in [9.17, 15) is 41.0 Å². The topological polar surface area (TPSA) is 90.9 Å². The second-order valence-electron chi connectivity index (χ2n) is 10.1. The van der Waals surface area contributed by atoms with Crippen molar-refractivity contribution in [2.45, 2.75) is 43.5 Å². The molecule has 0 spiro atoms. The van der Waals surface area contributed by atoms with Crippen LogP contribution in [0.4, 0.5) is 26.3 Å². The molecule has 0 bridgehead atoms. The predicted molar refractivity (Wildman–Crippen MR) is 132 cm³/mol. The Bertz CT molecular complexity index is 1200. The standard InChI is InChI=1S/C27H29F6N3O4/c28-21-3-1-2-20(23(21)25(39)35-24(38)22-12-18(37)13-34-22)17-4-6-19(7-5-17)40-14-16-8-10-36(11-9-16)15-26(29,30)27(31,32)33/h1-7,16,18,22,34,37H,8-15H2,(H,35,38,39)/t18-,22+/m1/s1. The quantitative estimate of drug-likeness (QED) is 0.329. The molecule has 0 saturated carbocycles. The molecular weight excluding hydrogens is 544 g/mol. The second-order valence-corrected chi connectivity index (χ2v) is 10.1. The number of piperidine rings is 1. The fourth-order valence-electron chi connectivity index (χ4n) is 4.80. The maximum atomic E-state index is 14.7. The lowest BCUT2D eigenvalue weighted by Crippen LogP contribution is -2.49. The number of nitrogens with one attached hydrogen (secondary N) is 2. The van der Waals surface area contributed by atoms with E-state index in [1.807, 2.05) is 0 Å². The SMILES string of the molecule is O=C(NC(=O)[C@@H]1C[C@@H](O)CN1)c1c(F)cccc1-c1ccc(OCC2CCN(CC(F)(F)C(F)(F)F)CC2)cc1. The first-order chi connectivity index (χ1) is 18.8. The van der Waals surface area contributed by atoms with Gasteiger partial charge in [-0.25, -0.2) is 4.39 Å². The van der Waals surface area contributed by atoms with E-state index in [-0.39, 0.29) is 49.7 Å². The van der Waals surface area contributed by atoms with Gasteiger partial charge >= 0.3 is 12.1 Å². The Balaban J connectivity index is 1.33. The van der Waals surface area contributed by atoms with E-state index in [0.717, 1.165) is 11.0 Å². The van der Waals surface area contributed by atoms with E-state index < -0.39 is 48.4 Å². The number of aliphatic hydroxyl groups excluding tert-OH is 1. The monoisotopic (exact) mass is 573 g/mol. The zero-order valence-corrected chi connectivity index (χ0v) is 21.3. The highest BCUT2D eigenvalue weighted by atomic mass is 19.4. The lowest BCUT2D eigenvalue weighted by atomic mass is 9.97. The molecule has 0 radical (unpaired) electrons. The lowest BCUT2D eigenvalue weighted by molar-refractivity contribution is -0.287. The summed E-state index contributed by atoms with van der Waals surface area (Å²) in [6.07, 6.45) is -5.34. The molecule has 7 nitrogen and oxygen atoms in total. The van der Waals surface area contributed by atoms with Gasteiger partial charge in [-0.2, -0.15) is 22.0 Å². The average molecular weight is 574 g/mol. The average Bonchev–Trinajstić information content (AvgIpc) is 3.34. The van der Waals surface area contributed by atoms with E-state index in [2.05, 4.69) is 10.6 Å². The van der Waals surface area contributed by atoms with Gasteiger partial charge in [0.25, 0.3) is 5.91 Å². The summed E-state index contributed by atoms with van der Waals surface area (Å²) >= 11 is 0. The number of hydrogen-bond acceptors (Lipinski definition) is 6. The number of hydrogen-bond donors (Lipinski definition) is 3. The summed E-state index contributed by atoms with van der Waals surface area (Å²) in [6.45, 7) is -0.708. The summed E-state index contributed by atoms with van der Waals surface area (Å²) in [5, 5.41) is 14.6. The van der Waals surface area contributed by atoms with Crippen molar-refractivity contribution in [3.63, 3.8) is 0 Å². The summed E-state index contributed by atoms with van der Waals surface area (Å²) in [7, 11) is 0. The Labute approximate surface area is 226 Å². The largest absolute Gasteiger partial charge is 0.493 e. The van der Waals surface area contributed by atoms with Crippen molar-refractivity contribution in [1.29, 1.82) is 0 Å². The number of imide groups is 1. The van der Waals surface area contributed by atoms with Crippen molar-refractivity contribution in [3.05, 3.63) is 53.8 Å². The Morgan fingerprint density at radius 2 is 1.73 bits per heavy atom. The van der Waals surface area contributed by atoms with Crippen LogP contribution in [0.25, 0.3) is 11.1 Å². The minimum absolute atomic E-state index is 0.0260. The van der Waals surface area contributed by atoms with Crippen molar-refractivity contribution in [3.8, 4) is 16.9 Å². The number of amides is 2. The number of carbonyl (C=O) groups is 2. The zero-order chi connectivity index (χ0) is 29.1. The highest BCUT2D eigenvalue weighted by Gasteiger charge is 2.58. The Morgan fingerprint density at radius 3 is 2.33 bits per heavy atom. The van der Waals surface area contributed by atoms with Crippen LogP contribution in [0.15, 0.2) is 42.5 Å². The van der Waals surface area contributed by atoms with Crippen molar-refractivity contribution >= 4 is 11.8 Å². The second kappa shape index (κ2) is 12.1. The van der Waals surface area contributed by atoms with Gasteiger partial charge in [-0.05, 0) is 67.6 Å². The summed E-state index contributed by atoms with van der Waals surface area (Å²) < 4.78 is 84.4. The first-order valence-corrected chi connectivity index (χ1v) is 12.8. The third-order valence-electron chi connectivity index (χ3n) is 7.10.